The van der Waals surface area contributed by atoms with Gasteiger partial charge in [0.15, 0.2) is 0 Å². The summed E-state index contributed by atoms with van der Waals surface area (Å²) >= 11 is 0. The molecule has 136 valence electrons. The summed E-state index contributed by atoms with van der Waals surface area (Å²) in [6, 6.07) is 23.0. The molecule has 0 unspecified atom stereocenters. The lowest BCUT2D eigenvalue weighted by atomic mass is 9.89. The number of benzene rings is 4. The molecular formula is C28H24. The minimum Gasteiger partial charge on any atom is -0.0619 e. The topological polar surface area (TPSA) is 0 Å². The Morgan fingerprint density at radius 1 is 0.679 bits per heavy atom. The predicted molar refractivity (Wildman–Crippen MR) is 119 cm³/mol. The molecular weight excluding hydrogens is 336 g/mol. The van der Waals surface area contributed by atoms with Gasteiger partial charge in [-0.3, -0.25) is 0 Å². The maximum Gasteiger partial charge on any atom is -0.000412 e. The van der Waals surface area contributed by atoms with Crippen LogP contribution in [-0.2, 0) is 12.8 Å². The lowest BCUT2D eigenvalue weighted by molar-refractivity contribution is 0.842. The molecule has 0 saturated heterocycles. The first-order valence-corrected chi connectivity index (χ1v) is 10.4. The highest BCUT2D eigenvalue weighted by atomic mass is 14.3. The highest BCUT2D eigenvalue weighted by Crippen LogP contribution is 2.49. The van der Waals surface area contributed by atoms with Gasteiger partial charge in [-0.15, -0.1) is 0 Å². The van der Waals surface area contributed by atoms with Crippen LogP contribution in [0.1, 0.15) is 53.1 Å². The fraction of sp³-hybridized carbons (Fsp3) is 0.214. The first kappa shape index (κ1) is 16.1. The molecule has 4 aromatic carbocycles. The zero-order chi connectivity index (χ0) is 19.0. The second-order valence-corrected chi connectivity index (χ2v) is 8.78. The lowest BCUT2D eigenvalue weighted by Gasteiger charge is -2.15. The number of aryl methyl sites for hydroxylation is 1. The van der Waals surface area contributed by atoms with Crippen molar-refractivity contribution in [2.75, 3.05) is 0 Å². The predicted octanol–water partition coefficient (Wildman–Crippen LogP) is 7.41. The minimum absolute atomic E-state index is 0.557. The third-order valence-electron chi connectivity index (χ3n) is 6.84. The number of hydrogen-bond acceptors (Lipinski definition) is 0. The van der Waals surface area contributed by atoms with Crippen molar-refractivity contribution in [2.24, 2.45) is 0 Å². The summed E-state index contributed by atoms with van der Waals surface area (Å²) in [6.07, 6.45) is 2.13. The van der Waals surface area contributed by atoms with Gasteiger partial charge in [0, 0.05) is 0 Å². The van der Waals surface area contributed by atoms with Crippen molar-refractivity contribution in [3.05, 3.63) is 94.0 Å². The van der Waals surface area contributed by atoms with Crippen molar-refractivity contribution < 1.29 is 0 Å². The zero-order valence-corrected chi connectivity index (χ0v) is 16.8. The molecule has 4 aromatic rings. The average molecular weight is 361 g/mol. The van der Waals surface area contributed by atoms with Crippen molar-refractivity contribution in [1.82, 2.24) is 0 Å². The van der Waals surface area contributed by atoms with Gasteiger partial charge in [-0.25, -0.2) is 0 Å². The Morgan fingerprint density at radius 3 is 2.29 bits per heavy atom. The molecule has 0 heterocycles. The average Bonchev–Trinajstić information content (AvgIpc) is 3.25. The summed E-state index contributed by atoms with van der Waals surface area (Å²) in [5, 5.41) is 2.87. The molecule has 0 heteroatoms. The van der Waals surface area contributed by atoms with Crippen LogP contribution >= 0.6 is 0 Å². The summed E-state index contributed by atoms with van der Waals surface area (Å²) in [6.45, 7) is 6.93. The van der Waals surface area contributed by atoms with Gasteiger partial charge in [-0.05, 0) is 92.1 Å². The summed E-state index contributed by atoms with van der Waals surface area (Å²) in [7, 11) is 0. The van der Waals surface area contributed by atoms with E-state index in [1.54, 1.807) is 11.1 Å². The normalized spacial score (nSPS) is 13.6. The molecule has 0 spiro atoms. The second-order valence-electron chi connectivity index (χ2n) is 8.78. The molecule has 0 nitrogen and oxygen atoms in total. The highest BCUT2D eigenvalue weighted by molar-refractivity contribution is 6.07. The molecule has 0 atom stereocenters. The molecule has 0 radical (unpaired) electrons. The van der Waals surface area contributed by atoms with Crippen molar-refractivity contribution in [3.63, 3.8) is 0 Å². The minimum atomic E-state index is 0.557. The molecule has 2 aliphatic carbocycles. The van der Waals surface area contributed by atoms with Crippen LogP contribution in [0.4, 0.5) is 0 Å². The number of hydrogen-bond donors (Lipinski definition) is 0. The van der Waals surface area contributed by atoms with Gasteiger partial charge in [-0.2, -0.15) is 0 Å². The fourth-order valence-electron chi connectivity index (χ4n) is 5.75. The van der Waals surface area contributed by atoms with Gasteiger partial charge in [0.25, 0.3) is 0 Å². The quantitative estimate of drug-likeness (QED) is 0.286. The summed E-state index contributed by atoms with van der Waals surface area (Å²) < 4.78 is 0. The monoisotopic (exact) mass is 360 g/mol. The van der Waals surface area contributed by atoms with Crippen molar-refractivity contribution in [3.8, 4) is 22.3 Å². The first-order valence-electron chi connectivity index (χ1n) is 10.4. The van der Waals surface area contributed by atoms with Crippen molar-refractivity contribution in [2.45, 2.75) is 39.5 Å². The van der Waals surface area contributed by atoms with Crippen molar-refractivity contribution >= 4 is 10.8 Å². The van der Waals surface area contributed by atoms with Gasteiger partial charge in [0.05, 0.1) is 0 Å². The fourth-order valence-corrected chi connectivity index (χ4v) is 5.75. The zero-order valence-electron chi connectivity index (χ0n) is 16.8. The first-order chi connectivity index (χ1) is 13.6. The van der Waals surface area contributed by atoms with E-state index >= 15 is 0 Å². The Hall–Kier alpha value is -2.86. The molecule has 0 saturated carbocycles. The number of fused-ring (bicyclic) bond motifs is 9. The van der Waals surface area contributed by atoms with E-state index in [0.717, 1.165) is 12.8 Å². The van der Waals surface area contributed by atoms with E-state index in [1.807, 2.05) is 0 Å². The Balaban J connectivity index is 1.69. The Labute approximate surface area is 166 Å². The third kappa shape index (κ3) is 2.01. The number of rotatable bonds is 1. The molecule has 0 aromatic heterocycles. The molecule has 0 N–H and O–H groups in total. The van der Waals surface area contributed by atoms with Gasteiger partial charge in [0.1, 0.15) is 0 Å². The van der Waals surface area contributed by atoms with E-state index in [9.17, 15) is 0 Å². The third-order valence-corrected chi connectivity index (χ3v) is 6.84. The molecule has 6 rings (SSSR count). The van der Waals surface area contributed by atoms with Crippen LogP contribution < -0.4 is 0 Å². The van der Waals surface area contributed by atoms with E-state index in [0.29, 0.717) is 5.92 Å². The van der Waals surface area contributed by atoms with E-state index < -0.39 is 0 Å². The van der Waals surface area contributed by atoms with Crippen LogP contribution in [0.3, 0.4) is 0 Å². The molecule has 28 heavy (non-hydrogen) atoms. The molecule has 0 bridgehead atoms. The summed E-state index contributed by atoms with van der Waals surface area (Å²) in [5.74, 6) is 0.557. The Bertz CT molecular complexity index is 1290. The van der Waals surface area contributed by atoms with Crippen LogP contribution in [0.15, 0.2) is 60.7 Å². The standard InChI is InChI=1S/C28H24/c1-16(2)26-17(3)8-12-22-23-13-11-18-9-10-20-14-19-6-4-5-7-21(19)28(20)27(18)25(23)15-24(22)26/h4-13,16H,14-15H2,1-3H3. The highest BCUT2D eigenvalue weighted by Gasteiger charge is 2.28. The van der Waals surface area contributed by atoms with Gasteiger partial charge in [-0.1, -0.05) is 74.5 Å². The molecule has 0 amide bonds. The maximum atomic E-state index is 2.36. The SMILES string of the molecule is Cc1ccc2c(c1C(C)C)Cc1c-2ccc2ccc3c(c12)-c1ccccc1C3. The van der Waals surface area contributed by atoms with Crippen LogP contribution in [0.5, 0.6) is 0 Å². The molecule has 2 aliphatic rings. The van der Waals surface area contributed by atoms with Gasteiger partial charge < -0.3 is 0 Å². The van der Waals surface area contributed by atoms with Crippen LogP contribution in [0.25, 0.3) is 33.0 Å². The van der Waals surface area contributed by atoms with E-state index in [2.05, 4.69) is 81.4 Å². The van der Waals surface area contributed by atoms with Gasteiger partial charge >= 0.3 is 0 Å². The smallest absolute Gasteiger partial charge is 0.000412 e. The molecule has 0 aliphatic heterocycles. The van der Waals surface area contributed by atoms with Crippen LogP contribution in [0.2, 0.25) is 0 Å². The lowest BCUT2D eigenvalue weighted by Crippen LogP contribution is -1.98. The van der Waals surface area contributed by atoms with E-state index in [1.165, 1.54) is 55.3 Å². The van der Waals surface area contributed by atoms with Crippen LogP contribution in [-0.4, -0.2) is 0 Å². The summed E-state index contributed by atoms with van der Waals surface area (Å²) in [5.41, 5.74) is 14.9. The summed E-state index contributed by atoms with van der Waals surface area (Å²) in [4.78, 5) is 0. The largest absolute Gasteiger partial charge is 0.0619 e. The van der Waals surface area contributed by atoms with E-state index in [4.69, 9.17) is 0 Å². The van der Waals surface area contributed by atoms with E-state index in [-0.39, 0.29) is 0 Å². The van der Waals surface area contributed by atoms with Crippen molar-refractivity contribution in [1.29, 1.82) is 0 Å². The van der Waals surface area contributed by atoms with Crippen LogP contribution in [0, 0.1) is 6.92 Å². The Morgan fingerprint density at radius 2 is 1.43 bits per heavy atom. The van der Waals surface area contributed by atoms with Gasteiger partial charge in [0.2, 0.25) is 0 Å². The molecule has 0 fully saturated rings. The Kier molecular flexibility index (Phi) is 3.21. The maximum absolute atomic E-state index is 2.36. The second kappa shape index (κ2) is 5.58.